The van der Waals surface area contributed by atoms with Gasteiger partial charge in [0, 0.05) is 12.3 Å². The van der Waals surface area contributed by atoms with E-state index >= 15 is 0 Å². The Labute approximate surface area is 160 Å². The number of carbonyl (C=O) groups is 1. The molecule has 0 radical (unpaired) electrons. The van der Waals surface area contributed by atoms with Crippen LogP contribution in [0.3, 0.4) is 0 Å². The Morgan fingerprint density at radius 3 is 2.78 bits per heavy atom. The van der Waals surface area contributed by atoms with E-state index in [1.807, 2.05) is 0 Å². The summed E-state index contributed by atoms with van der Waals surface area (Å²) in [5, 5.41) is 2.64. The molecule has 5 nitrogen and oxygen atoms in total. The third-order valence-electron chi connectivity index (χ3n) is 3.99. The van der Waals surface area contributed by atoms with Crippen molar-refractivity contribution in [1.29, 1.82) is 0 Å². The molecule has 2 aromatic carbocycles. The minimum atomic E-state index is -2.98. The Bertz CT molecular complexity index is 797. The molecule has 1 heterocycles. The summed E-state index contributed by atoms with van der Waals surface area (Å²) in [6.07, 6.45) is 1.96. The van der Waals surface area contributed by atoms with Gasteiger partial charge in [-0.15, -0.1) is 0 Å². The number of rotatable bonds is 7. The summed E-state index contributed by atoms with van der Waals surface area (Å²) in [4.78, 5) is 12.6. The van der Waals surface area contributed by atoms with Crippen molar-refractivity contribution in [2.75, 3.05) is 18.5 Å². The SMILES string of the molecule is O=C(Nc1ccc(OC(F)F)c(Cl)c1)c1ccccc1OC[C@H]1CCCO1. The lowest BCUT2D eigenvalue weighted by atomic mass is 10.1. The van der Waals surface area contributed by atoms with Gasteiger partial charge < -0.3 is 19.5 Å². The highest BCUT2D eigenvalue weighted by molar-refractivity contribution is 6.32. The van der Waals surface area contributed by atoms with Crippen LogP contribution in [0.25, 0.3) is 0 Å². The topological polar surface area (TPSA) is 56.8 Å². The fourth-order valence-electron chi connectivity index (χ4n) is 2.71. The summed E-state index contributed by atoms with van der Waals surface area (Å²) in [7, 11) is 0. The van der Waals surface area contributed by atoms with Crippen molar-refractivity contribution in [3.05, 3.63) is 53.1 Å². The van der Waals surface area contributed by atoms with E-state index in [0.717, 1.165) is 19.4 Å². The molecule has 2 aromatic rings. The zero-order chi connectivity index (χ0) is 19.2. The Balaban J connectivity index is 1.68. The van der Waals surface area contributed by atoms with Crippen LogP contribution in [0.1, 0.15) is 23.2 Å². The van der Waals surface area contributed by atoms with E-state index in [1.54, 1.807) is 24.3 Å². The van der Waals surface area contributed by atoms with Gasteiger partial charge in [0.05, 0.1) is 16.7 Å². The van der Waals surface area contributed by atoms with Crippen molar-refractivity contribution >= 4 is 23.2 Å². The number of anilines is 1. The Kier molecular flexibility index (Phi) is 6.47. The van der Waals surface area contributed by atoms with Crippen LogP contribution in [0.15, 0.2) is 42.5 Å². The largest absolute Gasteiger partial charge is 0.490 e. The molecule has 1 N–H and O–H groups in total. The highest BCUT2D eigenvalue weighted by Crippen LogP contribution is 2.29. The lowest BCUT2D eigenvalue weighted by Crippen LogP contribution is -2.19. The van der Waals surface area contributed by atoms with E-state index in [4.69, 9.17) is 21.1 Å². The molecular weight excluding hydrogens is 380 g/mol. The van der Waals surface area contributed by atoms with E-state index in [2.05, 4.69) is 10.1 Å². The van der Waals surface area contributed by atoms with Crippen LogP contribution in [0.2, 0.25) is 5.02 Å². The number of carbonyl (C=O) groups excluding carboxylic acids is 1. The van der Waals surface area contributed by atoms with Crippen LogP contribution in [-0.2, 0) is 4.74 Å². The van der Waals surface area contributed by atoms with E-state index in [1.165, 1.54) is 18.2 Å². The predicted molar refractivity (Wildman–Crippen MR) is 96.9 cm³/mol. The highest BCUT2D eigenvalue weighted by Gasteiger charge is 2.19. The molecule has 0 saturated carbocycles. The molecule has 0 aliphatic carbocycles. The second-order valence-electron chi connectivity index (χ2n) is 5.92. The van der Waals surface area contributed by atoms with Crippen LogP contribution >= 0.6 is 11.6 Å². The zero-order valence-corrected chi connectivity index (χ0v) is 15.0. The van der Waals surface area contributed by atoms with Crippen LogP contribution in [0.4, 0.5) is 14.5 Å². The quantitative estimate of drug-likeness (QED) is 0.732. The molecule has 1 atom stereocenters. The number of ether oxygens (including phenoxy) is 3. The van der Waals surface area contributed by atoms with E-state index in [0.29, 0.717) is 23.6 Å². The van der Waals surface area contributed by atoms with Crippen molar-refractivity contribution in [2.45, 2.75) is 25.6 Å². The van der Waals surface area contributed by atoms with Crippen molar-refractivity contribution in [1.82, 2.24) is 0 Å². The molecule has 1 fully saturated rings. The number of hydrogen-bond acceptors (Lipinski definition) is 4. The van der Waals surface area contributed by atoms with Gasteiger partial charge >= 0.3 is 6.61 Å². The Hall–Kier alpha value is -2.38. The molecule has 8 heteroatoms. The average Bonchev–Trinajstić information content (AvgIpc) is 3.16. The van der Waals surface area contributed by atoms with Crippen LogP contribution < -0.4 is 14.8 Å². The summed E-state index contributed by atoms with van der Waals surface area (Å²) in [6.45, 7) is -1.88. The molecule has 1 saturated heterocycles. The van der Waals surface area contributed by atoms with Gasteiger partial charge in [-0.05, 0) is 43.2 Å². The molecule has 3 rings (SSSR count). The van der Waals surface area contributed by atoms with E-state index in [-0.39, 0.29) is 16.9 Å². The number of benzene rings is 2. The summed E-state index contributed by atoms with van der Waals surface area (Å²) in [5.41, 5.74) is 0.695. The number of halogens is 3. The number of nitrogens with one attached hydrogen (secondary N) is 1. The van der Waals surface area contributed by atoms with Crippen LogP contribution in [0, 0.1) is 0 Å². The first-order valence-electron chi connectivity index (χ1n) is 8.42. The fourth-order valence-corrected chi connectivity index (χ4v) is 2.93. The fraction of sp³-hybridized carbons (Fsp3) is 0.316. The molecular formula is C19H18ClF2NO4. The number of hydrogen-bond donors (Lipinski definition) is 1. The molecule has 1 aliphatic heterocycles. The molecule has 0 bridgehead atoms. The maximum atomic E-state index is 12.6. The zero-order valence-electron chi connectivity index (χ0n) is 14.3. The molecule has 0 aromatic heterocycles. The number of amides is 1. The summed E-state index contributed by atoms with van der Waals surface area (Å²) < 4.78 is 40.1. The number of para-hydroxylation sites is 1. The van der Waals surface area contributed by atoms with Crippen LogP contribution in [0.5, 0.6) is 11.5 Å². The average molecular weight is 398 g/mol. The normalized spacial score (nSPS) is 16.4. The van der Waals surface area contributed by atoms with Crippen molar-refractivity contribution in [3.8, 4) is 11.5 Å². The van der Waals surface area contributed by atoms with Gasteiger partial charge in [-0.25, -0.2) is 0 Å². The lowest BCUT2D eigenvalue weighted by Gasteiger charge is -2.15. The van der Waals surface area contributed by atoms with Gasteiger partial charge in [0.15, 0.2) is 0 Å². The summed E-state index contributed by atoms with van der Waals surface area (Å²) in [5.74, 6) is -0.129. The van der Waals surface area contributed by atoms with Gasteiger partial charge in [0.2, 0.25) is 0 Å². The molecule has 144 valence electrons. The lowest BCUT2D eigenvalue weighted by molar-refractivity contribution is -0.0497. The first-order chi connectivity index (χ1) is 13.0. The second kappa shape index (κ2) is 9.01. The van der Waals surface area contributed by atoms with Gasteiger partial charge in [-0.1, -0.05) is 23.7 Å². The van der Waals surface area contributed by atoms with Crippen molar-refractivity contribution in [3.63, 3.8) is 0 Å². The smallest absolute Gasteiger partial charge is 0.387 e. The second-order valence-corrected chi connectivity index (χ2v) is 6.33. The molecule has 1 amide bonds. The predicted octanol–water partition coefficient (Wildman–Crippen LogP) is 4.75. The molecule has 0 spiro atoms. The van der Waals surface area contributed by atoms with Gasteiger partial charge in [0.1, 0.15) is 18.1 Å². The summed E-state index contributed by atoms with van der Waals surface area (Å²) in [6, 6.07) is 10.9. The van der Waals surface area contributed by atoms with Crippen molar-refractivity contribution in [2.24, 2.45) is 0 Å². The van der Waals surface area contributed by atoms with Crippen LogP contribution in [-0.4, -0.2) is 31.8 Å². The maximum absolute atomic E-state index is 12.6. The minimum Gasteiger partial charge on any atom is -0.490 e. The molecule has 1 aliphatic rings. The Morgan fingerprint density at radius 1 is 1.26 bits per heavy atom. The maximum Gasteiger partial charge on any atom is 0.387 e. The van der Waals surface area contributed by atoms with Crippen molar-refractivity contribution < 1.29 is 27.8 Å². The number of alkyl halides is 2. The third kappa shape index (κ3) is 5.30. The summed E-state index contributed by atoms with van der Waals surface area (Å²) >= 11 is 5.91. The first-order valence-corrected chi connectivity index (χ1v) is 8.80. The van der Waals surface area contributed by atoms with Gasteiger partial charge in [0.25, 0.3) is 5.91 Å². The third-order valence-corrected chi connectivity index (χ3v) is 4.28. The van der Waals surface area contributed by atoms with Gasteiger partial charge in [-0.2, -0.15) is 8.78 Å². The highest BCUT2D eigenvalue weighted by atomic mass is 35.5. The standard InChI is InChI=1S/C19H18ClF2NO4/c20-15-10-12(7-8-17(15)27-19(21)22)23-18(24)14-5-1-2-6-16(14)26-11-13-4-3-9-25-13/h1-2,5-8,10,13,19H,3-4,9,11H2,(H,23,24)/t13-/m1/s1. The first kappa shape index (κ1) is 19.4. The Morgan fingerprint density at radius 2 is 2.07 bits per heavy atom. The van der Waals surface area contributed by atoms with Gasteiger partial charge in [-0.3, -0.25) is 4.79 Å². The molecule has 0 unspecified atom stereocenters. The minimum absolute atomic E-state index is 0.0299. The molecule has 27 heavy (non-hydrogen) atoms. The monoisotopic (exact) mass is 397 g/mol. The van der Waals surface area contributed by atoms with E-state index < -0.39 is 12.5 Å². The van der Waals surface area contributed by atoms with E-state index in [9.17, 15) is 13.6 Å².